The van der Waals surface area contributed by atoms with Crippen molar-refractivity contribution in [1.82, 2.24) is 10.6 Å². The minimum Gasteiger partial charge on any atom is -0.377 e. The van der Waals surface area contributed by atoms with Gasteiger partial charge in [-0.05, 0) is 24.3 Å². The average molecular weight is 374 g/mol. The van der Waals surface area contributed by atoms with Gasteiger partial charge in [-0.15, -0.1) is 0 Å². The van der Waals surface area contributed by atoms with Crippen molar-refractivity contribution in [3.05, 3.63) is 29.8 Å². The lowest BCUT2D eigenvalue weighted by Gasteiger charge is -2.08. The third kappa shape index (κ3) is 9.00. The van der Waals surface area contributed by atoms with Gasteiger partial charge in [-0.25, -0.2) is 18.4 Å². The van der Waals surface area contributed by atoms with E-state index in [1.54, 1.807) is 0 Å². The van der Waals surface area contributed by atoms with E-state index in [2.05, 4.69) is 10.6 Å². The van der Waals surface area contributed by atoms with Crippen molar-refractivity contribution < 1.29 is 27.5 Å². The van der Waals surface area contributed by atoms with Gasteiger partial charge in [0.1, 0.15) is 0 Å². The molecule has 0 aliphatic rings. The first-order valence-corrected chi connectivity index (χ1v) is 8.95. The number of benzene rings is 1. The minimum absolute atomic E-state index is 0.0570. The predicted octanol–water partition coefficient (Wildman–Crippen LogP) is -1.23. The highest BCUT2D eigenvalue weighted by molar-refractivity contribution is 7.89. The first-order valence-electron chi connectivity index (χ1n) is 7.40. The van der Waals surface area contributed by atoms with E-state index in [1.807, 2.05) is 0 Å². The molecule has 1 aromatic rings. The molecule has 6 N–H and O–H groups in total. The van der Waals surface area contributed by atoms with Crippen LogP contribution < -0.4 is 21.5 Å². The molecule has 1 rings (SSSR count). The largest absolute Gasteiger partial charge is 0.377 e. The van der Waals surface area contributed by atoms with E-state index in [4.69, 9.17) is 20.3 Å². The molecule has 0 saturated carbocycles. The van der Waals surface area contributed by atoms with Gasteiger partial charge >= 0.3 is 6.03 Å². The zero-order valence-electron chi connectivity index (χ0n) is 13.6. The maximum Gasteiger partial charge on any atom is 0.312 e. The van der Waals surface area contributed by atoms with Gasteiger partial charge in [-0.2, -0.15) is 0 Å². The molecule has 0 aliphatic heterocycles. The molecule has 0 spiro atoms. The Kier molecular flexibility index (Phi) is 8.84. The molecule has 25 heavy (non-hydrogen) atoms. The van der Waals surface area contributed by atoms with Crippen molar-refractivity contribution in [2.75, 3.05) is 39.5 Å². The number of nitrogens with two attached hydrogens (primary N) is 2. The van der Waals surface area contributed by atoms with Gasteiger partial charge < -0.3 is 25.8 Å². The van der Waals surface area contributed by atoms with Crippen molar-refractivity contribution in [3.63, 3.8) is 0 Å². The quantitative estimate of drug-likeness (QED) is 0.354. The topological polar surface area (TPSA) is 163 Å². The molecule has 3 amide bonds. The van der Waals surface area contributed by atoms with Crippen molar-refractivity contribution in [2.45, 2.75) is 4.90 Å². The highest BCUT2D eigenvalue weighted by atomic mass is 32.2. The molecule has 0 bridgehead atoms. The van der Waals surface area contributed by atoms with Crippen LogP contribution in [-0.4, -0.2) is 59.9 Å². The standard InChI is InChI=1S/C14H22N4O6S/c15-14(20)18-6-8-24-10-9-23-7-5-17-13(19)11-1-3-12(4-2-11)25(16,21)22/h1-4H,5-10H2,(H,17,19)(H3,15,18,20)(H2,16,21,22). The van der Waals surface area contributed by atoms with Gasteiger partial charge in [0.2, 0.25) is 10.0 Å². The third-order valence-electron chi connectivity index (χ3n) is 2.89. The number of hydrogen-bond donors (Lipinski definition) is 4. The number of carbonyl (C=O) groups excluding carboxylic acids is 2. The molecule has 0 aliphatic carbocycles. The fourth-order valence-corrected chi connectivity index (χ4v) is 2.22. The Bertz CT molecular complexity index is 662. The second-order valence-corrected chi connectivity index (χ2v) is 6.40. The number of nitrogens with one attached hydrogen (secondary N) is 2. The summed E-state index contributed by atoms with van der Waals surface area (Å²) < 4.78 is 32.7. The fraction of sp³-hybridized carbons (Fsp3) is 0.429. The highest BCUT2D eigenvalue weighted by Crippen LogP contribution is 2.08. The summed E-state index contributed by atoms with van der Waals surface area (Å²) in [6.07, 6.45) is 0. The van der Waals surface area contributed by atoms with Gasteiger partial charge in [0.05, 0.1) is 31.3 Å². The van der Waals surface area contributed by atoms with Crippen molar-refractivity contribution in [2.24, 2.45) is 10.9 Å². The van der Waals surface area contributed by atoms with Crippen molar-refractivity contribution >= 4 is 22.0 Å². The fourth-order valence-electron chi connectivity index (χ4n) is 1.70. The van der Waals surface area contributed by atoms with Crippen molar-refractivity contribution in [1.29, 1.82) is 0 Å². The molecular formula is C14H22N4O6S. The van der Waals surface area contributed by atoms with Crippen LogP contribution in [0.3, 0.4) is 0 Å². The summed E-state index contributed by atoms with van der Waals surface area (Å²) in [7, 11) is -3.78. The van der Waals surface area contributed by atoms with Crippen LogP contribution in [0.5, 0.6) is 0 Å². The van der Waals surface area contributed by atoms with Crippen molar-refractivity contribution in [3.8, 4) is 0 Å². The first-order chi connectivity index (χ1) is 11.8. The Labute approximate surface area is 145 Å². The second kappa shape index (κ2) is 10.6. The van der Waals surface area contributed by atoms with E-state index in [-0.39, 0.29) is 10.8 Å². The Morgan fingerprint density at radius 1 is 0.920 bits per heavy atom. The molecule has 11 heteroatoms. The number of rotatable bonds is 11. The van der Waals surface area contributed by atoms with E-state index in [0.717, 1.165) is 0 Å². The predicted molar refractivity (Wildman–Crippen MR) is 89.4 cm³/mol. The summed E-state index contributed by atoms with van der Waals surface area (Å²) in [5, 5.41) is 10.00. The smallest absolute Gasteiger partial charge is 0.312 e. The van der Waals surface area contributed by atoms with Gasteiger partial charge in [0.15, 0.2) is 0 Å². The molecule has 1 aromatic carbocycles. The normalized spacial score (nSPS) is 11.1. The van der Waals surface area contributed by atoms with Crippen LogP contribution in [0.2, 0.25) is 0 Å². The molecule has 0 fully saturated rings. The van der Waals surface area contributed by atoms with Crippen LogP contribution in [0.15, 0.2) is 29.2 Å². The molecule has 0 aromatic heterocycles. The Morgan fingerprint density at radius 2 is 1.44 bits per heavy atom. The summed E-state index contributed by atoms with van der Waals surface area (Å²) in [6, 6.07) is 4.69. The van der Waals surface area contributed by atoms with E-state index in [0.29, 0.717) is 45.1 Å². The van der Waals surface area contributed by atoms with Crippen LogP contribution in [0, 0.1) is 0 Å². The van der Waals surface area contributed by atoms with E-state index >= 15 is 0 Å². The summed E-state index contributed by atoms with van der Waals surface area (Å²) in [6.45, 7) is 1.94. The number of amides is 3. The first kappa shape index (κ1) is 20.8. The molecule has 140 valence electrons. The SMILES string of the molecule is NC(=O)NCCOCCOCCNC(=O)c1ccc(S(N)(=O)=O)cc1. The number of ether oxygens (including phenoxy) is 2. The van der Waals surface area contributed by atoms with E-state index in [9.17, 15) is 18.0 Å². The van der Waals surface area contributed by atoms with Gasteiger partial charge in [0.25, 0.3) is 5.91 Å². The lowest BCUT2D eigenvalue weighted by Crippen LogP contribution is -2.32. The monoisotopic (exact) mass is 374 g/mol. The number of hydrogen-bond acceptors (Lipinski definition) is 6. The van der Waals surface area contributed by atoms with Crippen LogP contribution in [0.1, 0.15) is 10.4 Å². The van der Waals surface area contributed by atoms with Crippen LogP contribution in [-0.2, 0) is 19.5 Å². The molecule has 0 unspecified atom stereocenters. The second-order valence-electron chi connectivity index (χ2n) is 4.84. The van der Waals surface area contributed by atoms with Crippen LogP contribution >= 0.6 is 0 Å². The zero-order chi connectivity index (χ0) is 18.7. The van der Waals surface area contributed by atoms with Gasteiger partial charge in [-0.1, -0.05) is 0 Å². The lowest BCUT2D eigenvalue weighted by atomic mass is 10.2. The molecule has 0 saturated heterocycles. The lowest BCUT2D eigenvalue weighted by molar-refractivity contribution is 0.0498. The summed E-state index contributed by atoms with van der Waals surface area (Å²) >= 11 is 0. The van der Waals surface area contributed by atoms with E-state index < -0.39 is 16.1 Å². The zero-order valence-corrected chi connectivity index (χ0v) is 14.4. The Morgan fingerprint density at radius 3 is 1.92 bits per heavy atom. The molecule has 10 nitrogen and oxygen atoms in total. The van der Waals surface area contributed by atoms with Gasteiger partial charge in [-0.3, -0.25) is 4.79 Å². The number of primary sulfonamides is 1. The van der Waals surface area contributed by atoms with Crippen LogP contribution in [0.4, 0.5) is 4.79 Å². The maximum absolute atomic E-state index is 11.9. The number of carbonyl (C=O) groups is 2. The number of urea groups is 1. The third-order valence-corrected chi connectivity index (χ3v) is 3.82. The van der Waals surface area contributed by atoms with Gasteiger partial charge in [0, 0.05) is 18.7 Å². The Balaban J connectivity index is 2.12. The maximum atomic E-state index is 11.9. The highest BCUT2D eigenvalue weighted by Gasteiger charge is 2.09. The summed E-state index contributed by atoms with van der Waals surface area (Å²) in [5.41, 5.74) is 5.20. The number of primary amides is 1. The van der Waals surface area contributed by atoms with E-state index in [1.165, 1.54) is 24.3 Å². The molecule has 0 atom stereocenters. The molecular weight excluding hydrogens is 352 g/mol. The summed E-state index contributed by atoms with van der Waals surface area (Å²) in [4.78, 5) is 22.2. The molecule has 0 radical (unpaired) electrons. The average Bonchev–Trinajstić information content (AvgIpc) is 2.55. The molecule has 0 heterocycles. The Hall–Kier alpha value is -2.21. The van der Waals surface area contributed by atoms with Crippen LogP contribution in [0.25, 0.3) is 0 Å². The minimum atomic E-state index is -3.78. The summed E-state index contributed by atoms with van der Waals surface area (Å²) in [5.74, 6) is -0.349. The number of sulfonamides is 1.